The van der Waals surface area contributed by atoms with Crippen LogP contribution in [0.4, 0.5) is 23.7 Å². The number of ether oxygens (including phenoxy) is 1. The van der Waals surface area contributed by atoms with Crippen LogP contribution in [0, 0.1) is 5.92 Å². The van der Waals surface area contributed by atoms with Gasteiger partial charge in [0, 0.05) is 26.2 Å². The molecule has 1 saturated heterocycles. The van der Waals surface area contributed by atoms with Gasteiger partial charge in [-0.2, -0.15) is 13.2 Å². The smallest absolute Gasteiger partial charge is 0.401 e. The predicted octanol–water partition coefficient (Wildman–Crippen LogP) is 3.58. The summed E-state index contributed by atoms with van der Waals surface area (Å²) in [5.74, 6) is 1.23. The van der Waals surface area contributed by atoms with Crippen molar-refractivity contribution in [3.63, 3.8) is 0 Å². The second kappa shape index (κ2) is 8.16. The van der Waals surface area contributed by atoms with Crippen molar-refractivity contribution in [2.45, 2.75) is 25.4 Å². The molecule has 1 saturated carbocycles. The van der Waals surface area contributed by atoms with Crippen LogP contribution >= 0.6 is 0 Å². The molecule has 0 unspecified atom stereocenters. The molecule has 1 N–H and O–H groups in total. The standard InChI is InChI=1S/C18H24F3N3O2/c19-18(20,21)13-23-8-3-9-24(11-10-23)17(25)22-15-4-1-2-5-16(15)26-12-14-6-7-14/h1-2,4-5,14H,3,6-13H2,(H,22,25). The van der Waals surface area contributed by atoms with Gasteiger partial charge in [0.05, 0.1) is 18.8 Å². The van der Waals surface area contributed by atoms with E-state index in [2.05, 4.69) is 5.32 Å². The number of nitrogens with zero attached hydrogens (tertiary/aromatic N) is 2. The number of carbonyl (C=O) groups is 1. The third kappa shape index (κ3) is 5.79. The highest BCUT2D eigenvalue weighted by atomic mass is 19.4. The summed E-state index contributed by atoms with van der Waals surface area (Å²) in [7, 11) is 0. The van der Waals surface area contributed by atoms with Crippen LogP contribution in [0.2, 0.25) is 0 Å². The minimum Gasteiger partial charge on any atom is -0.491 e. The highest BCUT2D eigenvalue weighted by molar-refractivity contribution is 5.91. The number of nitrogens with one attached hydrogen (secondary N) is 1. The summed E-state index contributed by atoms with van der Waals surface area (Å²) in [6.07, 6.45) is -1.34. The molecule has 1 aromatic rings. The van der Waals surface area contributed by atoms with E-state index in [9.17, 15) is 18.0 Å². The fourth-order valence-electron chi connectivity index (χ4n) is 2.97. The van der Waals surface area contributed by atoms with Gasteiger partial charge in [-0.1, -0.05) is 12.1 Å². The first-order valence-electron chi connectivity index (χ1n) is 8.97. The van der Waals surface area contributed by atoms with Crippen LogP contribution in [0.5, 0.6) is 5.75 Å². The minimum atomic E-state index is -4.21. The van der Waals surface area contributed by atoms with Gasteiger partial charge >= 0.3 is 12.2 Å². The number of alkyl halides is 3. The Kier molecular flexibility index (Phi) is 5.90. The molecule has 0 spiro atoms. The van der Waals surface area contributed by atoms with Gasteiger partial charge in [0.15, 0.2) is 0 Å². The van der Waals surface area contributed by atoms with Gasteiger partial charge in [-0.3, -0.25) is 4.90 Å². The monoisotopic (exact) mass is 371 g/mol. The second-order valence-corrected chi connectivity index (χ2v) is 6.91. The van der Waals surface area contributed by atoms with Crippen LogP contribution in [0.15, 0.2) is 24.3 Å². The first kappa shape index (κ1) is 18.8. The van der Waals surface area contributed by atoms with Crippen molar-refractivity contribution >= 4 is 11.7 Å². The summed E-state index contributed by atoms with van der Waals surface area (Å²) in [6.45, 7) is 0.971. The molecule has 2 fully saturated rings. The lowest BCUT2D eigenvalue weighted by atomic mass is 10.3. The molecular weight excluding hydrogens is 347 g/mol. The van der Waals surface area contributed by atoms with Crippen LogP contribution in [0.25, 0.3) is 0 Å². The van der Waals surface area contributed by atoms with E-state index in [0.29, 0.717) is 43.5 Å². The Labute approximate surface area is 151 Å². The Bertz CT molecular complexity index is 620. The van der Waals surface area contributed by atoms with Crippen molar-refractivity contribution in [1.29, 1.82) is 0 Å². The first-order valence-corrected chi connectivity index (χ1v) is 8.97. The molecule has 0 aromatic heterocycles. The van der Waals surface area contributed by atoms with E-state index in [1.165, 1.54) is 17.7 Å². The van der Waals surface area contributed by atoms with Crippen molar-refractivity contribution < 1.29 is 22.7 Å². The van der Waals surface area contributed by atoms with E-state index in [4.69, 9.17) is 4.74 Å². The van der Waals surface area contributed by atoms with Crippen LogP contribution < -0.4 is 10.1 Å². The van der Waals surface area contributed by atoms with E-state index in [1.54, 1.807) is 11.0 Å². The first-order chi connectivity index (χ1) is 12.4. The Morgan fingerprint density at radius 3 is 2.65 bits per heavy atom. The molecule has 1 aliphatic heterocycles. The normalized spacial score (nSPS) is 19.1. The largest absolute Gasteiger partial charge is 0.491 e. The van der Waals surface area contributed by atoms with Crippen molar-refractivity contribution in [3.05, 3.63) is 24.3 Å². The molecule has 26 heavy (non-hydrogen) atoms. The average molecular weight is 371 g/mol. The molecule has 144 valence electrons. The molecule has 1 heterocycles. The Morgan fingerprint density at radius 1 is 1.15 bits per heavy atom. The number of urea groups is 1. The zero-order valence-corrected chi connectivity index (χ0v) is 14.6. The Hall–Kier alpha value is -1.96. The molecular formula is C18H24F3N3O2. The lowest BCUT2D eigenvalue weighted by molar-refractivity contribution is -0.145. The minimum absolute atomic E-state index is 0.215. The number of amides is 2. The van der Waals surface area contributed by atoms with Gasteiger partial charge in [-0.05, 0) is 37.3 Å². The van der Waals surface area contributed by atoms with Crippen molar-refractivity contribution in [2.75, 3.05) is 44.6 Å². The quantitative estimate of drug-likeness (QED) is 0.861. The molecule has 5 nitrogen and oxygen atoms in total. The summed E-state index contributed by atoms with van der Waals surface area (Å²) in [5, 5.41) is 2.84. The van der Waals surface area contributed by atoms with Gasteiger partial charge in [-0.25, -0.2) is 4.79 Å². The van der Waals surface area contributed by atoms with Crippen molar-refractivity contribution in [3.8, 4) is 5.75 Å². The topological polar surface area (TPSA) is 44.8 Å². The fraction of sp³-hybridized carbons (Fsp3) is 0.611. The molecule has 0 atom stereocenters. The number of anilines is 1. The van der Waals surface area contributed by atoms with Crippen LogP contribution in [-0.4, -0.2) is 61.3 Å². The molecule has 2 amide bonds. The van der Waals surface area contributed by atoms with E-state index in [1.807, 2.05) is 18.2 Å². The maximum Gasteiger partial charge on any atom is 0.401 e. The lowest BCUT2D eigenvalue weighted by Crippen LogP contribution is -2.40. The number of carbonyl (C=O) groups excluding carboxylic acids is 1. The Morgan fingerprint density at radius 2 is 1.92 bits per heavy atom. The number of rotatable bonds is 5. The number of benzene rings is 1. The van der Waals surface area contributed by atoms with Gasteiger partial charge in [0.25, 0.3) is 0 Å². The highest BCUT2D eigenvalue weighted by Gasteiger charge is 2.32. The van der Waals surface area contributed by atoms with Crippen LogP contribution in [-0.2, 0) is 0 Å². The zero-order chi connectivity index (χ0) is 18.6. The zero-order valence-electron chi connectivity index (χ0n) is 14.6. The number of para-hydroxylation sites is 2. The summed E-state index contributed by atoms with van der Waals surface area (Å²) in [4.78, 5) is 15.4. The van der Waals surface area contributed by atoms with Crippen molar-refractivity contribution in [1.82, 2.24) is 9.80 Å². The molecule has 1 aromatic carbocycles. The third-order valence-corrected chi connectivity index (χ3v) is 4.58. The van der Waals surface area contributed by atoms with Crippen LogP contribution in [0.1, 0.15) is 19.3 Å². The van der Waals surface area contributed by atoms with Crippen molar-refractivity contribution in [2.24, 2.45) is 5.92 Å². The lowest BCUT2D eigenvalue weighted by Gasteiger charge is -2.23. The van der Waals surface area contributed by atoms with E-state index >= 15 is 0 Å². The average Bonchev–Trinajstić information content (AvgIpc) is 3.40. The fourth-order valence-corrected chi connectivity index (χ4v) is 2.97. The number of hydrogen-bond acceptors (Lipinski definition) is 3. The molecule has 3 rings (SSSR count). The van der Waals surface area contributed by atoms with Gasteiger partial charge in [0.1, 0.15) is 5.75 Å². The van der Waals surface area contributed by atoms with Gasteiger partial charge < -0.3 is 15.0 Å². The van der Waals surface area contributed by atoms with E-state index in [-0.39, 0.29) is 19.1 Å². The summed E-state index contributed by atoms with van der Waals surface area (Å²) in [5.41, 5.74) is 0.592. The van der Waals surface area contributed by atoms with E-state index < -0.39 is 12.7 Å². The molecule has 1 aliphatic carbocycles. The number of hydrogen-bond donors (Lipinski definition) is 1. The number of halogens is 3. The summed E-state index contributed by atoms with van der Waals surface area (Å²) in [6, 6.07) is 6.94. The summed E-state index contributed by atoms with van der Waals surface area (Å²) >= 11 is 0. The SMILES string of the molecule is O=C(Nc1ccccc1OCC1CC1)N1CCCN(CC(F)(F)F)CC1. The summed E-state index contributed by atoms with van der Waals surface area (Å²) < 4.78 is 43.4. The Balaban J connectivity index is 1.54. The second-order valence-electron chi connectivity index (χ2n) is 6.91. The van der Waals surface area contributed by atoms with E-state index in [0.717, 1.165) is 0 Å². The molecule has 0 bridgehead atoms. The highest BCUT2D eigenvalue weighted by Crippen LogP contribution is 2.31. The van der Waals surface area contributed by atoms with Gasteiger partial charge in [0.2, 0.25) is 0 Å². The molecule has 0 radical (unpaired) electrons. The van der Waals surface area contributed by atoms with Crippen LogP contribution in [0.3, 0.4) is 0 Å². The third-order valence-electron chi connectivity index (χ3n) is 4.58. The predicted molar refractivity (Wildman–Crippen MR) is 92.4 cm³/mol. The maximum absolute atomic E-state index is 12.5. The molecule has 8 heteroatoms. The maximum atomic E-state index is 12.5. The molecule has 2 aliphatic rings. The van der Waals surface area contributed by atoms with Gasteiger partial charge in [-0.15, -0.1) is 0 Å².